The smallest absolute Gasteiger partial charge is 0.245 e. The van der Waals surface area contributed by atoms with Crippen LogP contribution in [0.15, 0.2) is 17.3 Å². The molecule has 0 aliphatic heterocycles. The van der Waals surface area contributed by atoms with Gasteiger partial charge in [-0.3, -0.25) is 0 Å². The van der Waals surface area contributed by atoms with E-state index in [1.165, 1.54) is 23.7 Å². The third-order valence-corrected chi connectivity index (χ3v) is 4.17. The molecular weight excluding hydrogens is 264 g/mol. The van der Waals surface area contributed by atoms with Crippen LogP contribution in [0.25, 0.3) is 0 Å². The van der Waals surface area contributed by atoms with Crippen molar-refractivity contribution in [3.05, 3.63) is 17.7 Å². The van der Waals surface area contributed by atoms with Crippen molar-refractivity contribution in [2.24, 2.45) is 0 Å². The van der Waals surface area contributed by atoms with E-state index in [2.05, 4.69) is 9.97 Å². The topological polar surface area (TPSA) is 66.4 Å². The van der Waals surface area contributed by atoms with E-state index in [0.717, 1.165) is 0 Å². The summed E-state index contributed by atoms with van der Waals surface area (Å²) in [5.41, 5.74) is 0. The molecule has 0 amide bonds. The van der Waals surface area contributed by atoms with Gasteiger partial charge in [0.25, 0.3) is 0 Å². The first kappa shape index (κ1) is 14.3. The van der Waals surface area contributed by atoms with Crippen LogP contribution in [-0.2, 0) is 10.0 Å². The molecular formula is C9H15ClN4O2S. The van der Waals surface area contributed by atoms with Crippen LogP contribution in [0.5, 0.6) is 0 Å². The van der Waals surface area contributed by atoms with Crippen LogP contribution in [0, 0.1) is 0 Å². The van der Waals surface area contributed by atoms with Gasteiger partial charge in [0.15, 0.2) is 0 Å². The van der Waals surface area contributed by atoms with E-state index in [4.69, 9.17) is 11.6 Å². The molecule has 0 N–H and O–H groups in total. The number of halogens is 1. The minimum absolute atomic E-state index is 0.0277. The molecule has 1 aromatic heterocycles. The molecule has 0 aromatic carbocycles. The van der Waals surface area contributed by atoms with Crippen LogP contribution in [0.4, 0.5) is 0 Å². The van der Waals surface area contributed by atoms with E-state index >= 15 is 0 Å². The first-order valence-corrected chi connectivity index (χ1v) is 6.74. The second-order valence-corrected chi connectivity index (χ2v) is 6.20. The fourth-order valence-electron chi connectivity index (χ4n) is 1.07. The fraction of sp³-hybridized carbons (Fsp3) is 0.556. The van der Waals surface area contributed by atoms with E-state index < -0.39 is 10.0 Å². The molecule has 8 heteroatoms. The first-order chi connectivity index (χ1) is 7.84. The molecule has 6 nitrogen and oxygen atoms in total. The predicted octanol–water partition coefficient (Wildman–Crippen LogP) is 0.312. The van der Waals surface area contributed by atoms with Crippen molar-refractivity contribution in [1.82, 2.24) is 19.2 Å². The van der Waals surface area contributed by atoms with Crippen LogP contribution in [0.2, 0.25) is 5.28 Å². The van der Waals surface area contributed by atoms with E-state index in [-0.39, 0.29) is 10.2 Å². The molecule has 0 bridgehead atoms. The molecule has 0 aliphatic rings. The lowest BCUT2D eigenvalue weighted by Crippen LogP contribution is -2.33. The van der Waals surface area contributed by atoms with Crippen molar-refractivity contribution < 1.29 is 8.42 Å². The van der Waals surface area contributed by atoms with E-state index in [0.29, 0.717) is 13.1 Å². The molecule has 0 spiro atoms. The zero-order valence-electron chi connectivity index (χ0n) is 9.96. The average Bonchev–Trinajstić information content (AvgIpc) is 2.26. The monoisotopic (exact) mass is 278 g/mol. The highest BCUT2D eigenvalue weighted by molar-refractivity contribution is 7.89. The van der Waals surface area contributed by atoms with Crippen molar-refractivity contribution >= 4 is 21.6 Å². The molecule has 0 unspecified atom stereocenters. The Morgan fingerprint density at radius 1 is 1.18 bits per heavy atom. The minimum atomic E-state index is -3.53. The molecule has 0 fully saturated rings. The SMILES string of the molecule is CN(C)CCN(C)S(=O)(=O)c1cnc(Cl)nc1. The van der Waals surface area contributed by atoms with E-state index in [1.807, 2.05) is 19.0 Å². The predicted molar refractivity (Wildman–Crippen MR) is 65.4 cm³/mol. The Balaban J connectivity index is 2.84. The second kappa shape index (κ2) is 5.72. The van der Waals surface area contributed by atoms with Gasteiger partial charge >= 0.3 is 0 Å². The van der Waals surface area contributed by atoms with Crippen LogP contribution in [-0.4, -0.2) is 61.8 Å². The number of hydrogen-bond acceptors (Lipinski definition) is 5. The Hall–Kier alpha value is -0.760. The quantitative estimate of drug-likeness (QED) is 0.726. The summed E-state index contributed by atoms with van der Waals surface area (Å²) < 4.78 is 25.3. The van der Waals surface area contributed by atoms with Crippen LogP contribution < -0.4 is 0 Å². The van der Waals surface area contributed by atoms with Gasteiger partial charge in [0.1, 0.15) is 4.90 Å². The molecule has 1 rings (SSSR count). The highest BCUT2D eigenvalue weighted by atomic mass is 35.5. The summed E-state index contributed by atoms with van der Waals surface area (Å²) in [5, 5.41) is 0.0277. The lowest BCUT2D eigenvalue weighted by Gasteiger charge is -2.18. The third kappa shape index (κ3) is 3.88. The van der Waals surface area contributed by atoms with Crippen molar-refractivity contribution in [3.8, 4) is 0 Å². The van der Waals surface area contributed by atoms with Gasteiger partial charge in [0.05, 0.1) is 12.4 Å². The Bertz CT molecular complexity index is 460. The lowest BCUT2D eigenvalue weighted by atomic mass is 10.6. The van der Waals surface area contributed by atoms with Crippen LogP contribution in [0.3, 0.4) is 0 Å². The summed E-state index contributed by atoms with van der Waals surface area (Å²) in [6, 6.07) is 0. The standard InChI is InChI=1S/C9H15ClN4O2S/c1-13(2)4-5-14(3)17(15,16)8-6-11-9(10)12-7-8/h6-7H,4-5H2,1-3H3. The number of sulfonamides is 1. The normalized spacial score (nSPS) is 12.4. The molecule has 0 saturated carbocycles. The Labute approximate surface area is 106 Å². The number of nitrogens with zero attached hydrogens (tertiary/aromatic N) is 4. The summed E-state index contributed by atoms with van der Waals surface area (Å²) in [6.07, 6.45) is 2.41. The van der Waals surface area contributed by atoms with Gasteiger partial charge in [-0.15, -0.1) is 0 Å². The van der Waals surface area contributed by atoms with Gasteiger partial charge in [-0.25, -0.2) is 18.4 Å². The maximum atomic E-state index is 12.0. The summed E-state index contributed by atoms with van der Waals surface area (Å²) in [5.74, 6) is 0. The summed E-state index contributed by atoms with van der Waals surface area (Å²) in [7, 11) is 1.75. The van der Waals surface area contributed by atoms with Gasteiger partial charge in [-0.1, -0.05) is 0 Å². The maximum absolute atomic E-state index is 12.0. The zero-order valence-corrected chi connectivity index (χ0v) is 11.5. The van der Waals surface area contributed by atoms with Crippen molar-refractivity contribution in [3.63, 3.8) is 0 Å². The lowest BCUT2D eigenvalue weighted by molar-refractivity contribution is 0.358. The molecule has 17 heavy (non-hydrogen) atoms. The largest absolute Gasteiger partial charge is 0.308 e. The fourth-order valence-corrected chi connectivity index (χ4v) is 2.23. The Morgan fingerprint density at radius 3 is 2.18 bits per heavy atom. The molecule has 1 heterocycles. The minimum Gasteiger partial charge on any atom is -0.308 e. The first-order valence-electron chi connectivity index (χ1n) is 4.92. The highest BCUT2D eigenvalue weighted by Gasteiger charge is 2.21. The number of hydrogen-bond donors (Lipinski definition) is 0. The number of rotatable bonds is 5. The highest BCUT2D eigenvalue weighted by Crippen LogP contribution is 2.12. The Morgan fingerprint density at radius 2 is 1.71 bits per heavy atom. The molecule has 0 saturated heterocycles. The van der Waals surface area contributed by atoms with Crippen molar-refractivity contribution in [2.75, 3.05) is 34.2 Å². The third-order valence-electron chi connectivity index (χ3n) is 2.17. The zero-order chi connectivity index (χ0) is 13.1. The maximum Gasteiger partial charge on any atom is 0.245 e. The van der Waals surface area contributed by atoms with E-state index in [9.17, 15) is 8.42 Å². The molecule has 96 valence electrons. The number of likely N-dealkylation sites (N-methyl/N-ethyl adjacent to an activating group) is 2. The second-order valence-electron chi connectivity index (χ2n) is 3.82. The molecule has 0 atom stereocenters. The summed E-state index contributed by atoms with van der Waals surface area (Å²) in [4.78, 5) is 9.27. The van der Waals surface area contributed by atoms with Gasteiger partial charge in [0.2, 0.25) is 15.3 Å². The van der Waals surface area contributed by atoms with Gasteiger partial charge < -0.3 is 4.90 Å². The van der Waals surface area contributed by atoms with Crippen LogP contribution >= 0.6 is 11.6 Å². The molecule has 1 aromatic rings. The summed E-state index contributed by atoms with van der Waals surface area (Å²) >= 11 is 5.51. The molecule has 0 radical (unpaired) electrons. The van der Waals surface area contributed by atoms with Crippen LogP contribution in [0.1, 0.15) is 0 Å². The summed E-state index contributed by atoms with van der Waals surface area (Å²) in [6.45, 7) is 1.04. The Kier molecular flexibility index (Phi) is 4.81. The van der Waals surface area contributed by atoms with Gasteiger partial charge in [-0.2, -0.15) is 4.31 Å². The number of aromatic nitrogens is 2. The van der Waals surface area contributed by atoms with Gasteiger partial charge in [-0.05, 0) is 25.7 Å². The average molecular weight is 279 g/mol. The molecule has 0 aliphatic carbocycles. The van der Waals surface area contributed by atoms with Gasteiger partial charge in [0, 0.05) is 20.1 Å². The van der Waals surface area contributed by atoms with Crippen molar-refractivity contribution in [1.29, 1.82) is 0 Å². The van der Waals surface area contributed by atoms with E-state index in [1.54, 1.807) is 0 Å². The van der Waals surface area contributed by atoms with Crippen molar-refractivity contribution in [2.45, 2.75) is 4.90 Å².